The van der Waals surface area contributed by atoms with Gasteiger partial charge in [-0.1, -0.05) is 55.6 Å². The minimum Gasteiger partial charge on any atom is -0.292 e. The number of hydrogen-bond donors (Lipinski definition) is 0. The van der Waals surface area contributed by atoms with Crippen LogP contribution in [-0.4, -0.2) is 49.7 Å². The minimum absolute atomic E-state index is 0.0306. The molecule has 0 bridgehead atoms. The van der Waals surface area contributed by atoms with Crippen LogP contribution in [0.2, 0.25) is 5.02 Å². The number of fused-ring (bicyclic) bond motifs is 1. The third-order valence-electron chi connectivity index (χ3n) is 6.58. The first-order valence-corrected chi connectivity index (χ1v) is 13.1. The van der Waals surface area contributed by atoms with Crippen molar-refractivity contribution in [3.05, 3.63) is 69.7 Å². The monoisotopic (exact) mass is 608 g/mol. The number of halogens is 3. The lowest BCUT2D eigenvalue weighted by Gasteiger charge is -2.30. The Labute approximate surface area is 219 Å². The lowest BCUT2D eigenvalue weighted by Crippen LogP contribution is -2.52. The van der Waals surface area contributed by atoms with Crippen LogP contribution in [-0.2, 0) is 9.59 Å². The average Bonchev–Trinajstić information content (AvgIpc) is 3.03. The van der Waals surface area contributed by atoms with Crippen LogP contribution in [0.5, 0.6) is 0 Å². The van der Waals surface area contributed by atoms with E-state index in [1.54, 1.807) is 24.3 Å². The molecule has 0 spiro atoms. The summed E-state index contributed by atoms with van der Waals surface area (Å²) >= 11 is 13.1. The molecule has 1 aliphatic heterocycles. The van der Waals surface area contributed by atoms with E-state index in [2.05, 4.69) is 31.9 Å². The maximum absolute atomic E-state index is 13.5. The third-order valence-corrected chi connectivity index (χ3v) is 9.56. The standard InChI is InChI=1S/C25H23Br2ClN2O4/c1-13-3-4-16(9-14(13)2)22(31)12-29(23(32)15-5-7-17(28)8-6-15)30-24(33)18-10-20(26)21(27)11-19(18)25(30)34/h3-9,18-21H,10-12H2,1-2H3/t18-,19-,20-,21+/m1/s1. The Hall–Kier alpha value is -2.03. The van der Waals surface area contributed by atoms with Gasteiger partial charge in [-0.3, -0.25) is 19.2 Å². The van der Waals surface area contributed by atoms with Crippen LogP contribution in [0.4, 0.5) is 0 Å². The van der Waals surface area contributed by atoms with E-state index >= 15 is 0 Å². The molecule has 178 valence electrons. The number of Topliss-reactive ketones (excluding diaryl/α,β-unsaturated/α-hetero) is 1. The minimum atomic E-state index is -0.611. The van der Waals surface area contributed by atoms with Gasteiger partial charge in [0, 0.05) is 25.8 Å². The first-order chi connectivity index (χ1) is 16.1. The molecule has 0 N–H and O–H groups in total. The molecule has 0 aromatic heterocycles. The summed E-state index contributed by atoms with van der Waals surface area (Å²) in [5.74, 6) is -2.95. The van der Waals surface area contributed by atoms with Crippen molar-refractivity contribution in [3.8, 4) is 0 Å². The maximum Gasteiger partial charge on any atom is 0.273 e. The van der Waals surface area contributed by atoms with E-state index < -0.39 is 36.1 Å². The predicted octanol–water partition coefficient (Wildman–Crippen LogP) is 5.12. The molecule has 1 aliphatic carbocycles. The number of benzene rings is 2. The average molecular weight is 611 g/mol. The van der Waals surface area contributed by atoms with Crippen molar-refractivity contribution < 1.29 is 19.2 Å². The van der Waals surface area contributed by atoms with Gasteiger partial charge >= 0.3 is 0 Å². The summed E-state index contributed by atoms with van der Waals surface area (Å²) in [4.78, 5) is 53.6. The second-order valence-corrected chi connectivity index (χ2v) is 11.6. The van der Waals surface area contributed by atoms with Crippen LogP contribution in [0.25, 0.3) is 0 Å². The third kappa shape index (κ3) is 4.72. The van der Waals surface area contributed by atoms with Crippen LogP contribution in [0.15, 0.2) is 42.5 Å². The zero-order valence-corrected chi connectivity index (χ0v) is 22.6. The number of imide groups is 1. The van der Waals surface area contributed by atoms with Gasteiger partial charge in [-0.2, -0.15) is 5.01 Å². The number of hydrogen-bond acceptors (Lipinski definition) is 4. The molecule has 0 unspecified atom stereocenters. The Morgan fingerprint density at radius 3 is 1.97 bits per heavy atom. The Balaban J connectivity index is 1.70. The van der Waals surface area contributed by atoms with E-state index in [0.717, 1.165) is 21.1 Å². The molecule has 1 saturated carbocycles. The van der Waals surface area contributed by atoms with Crippen LogP contribution in [0, 0.1) is 25.7 Å². The number of hydrazine groups is 1. The highest BCUT2D eigenvalue weighted by Crippen LogP contribution is 2.43. The Bertz CT molecular complexity index is 1140. The summed E-state index contributed by atoms with van der Waals surface area (Å²) in [7, 11) is 0. The first kappa shape index (κ1) is 25.1. The molecule has 3 amide bonds. The number of ketones is 1. The van der Waals surface area contributed by atoms with Crippen LogP contribution in [0.1, 0.15) is 44.7 Å². The van der Waals surface area contributed by atoms with Crippen molar-refractivity contribution in [2.24, 2.45) is 11.8 Å². The normalized spacial score (nSPS) is 24.2. The zero-order chi connectivity index (χ0) is 24.7. The summed E-state index contributed by atoms with van der Waals surface area (Å²) in [5.41, 5.74) is 2.61. The van der Waals surface area contributed by atoms with E-state index in [9.17, 15) is 19.2 Å². The molecule has 4 rings (SSSR count). The molecule has 34 heavy (non-hydrogen) atoms. The number of carbonyl (C=O) groups is 4. The molecule has 1 saturated heterocycles. The SMILES string of the molecule is Cc1ccc(C(=O)CN(C(=O)c2ccc(Cl)cc2)N2C(=O)[C@@H]3C[C@@H](Br)[C@@H](Br)C[C@H]3C2=O)cc1C. The highest BCUT2D eigenvalue weighted by atomic mass is 79.9. The molecule has 6 nitrogen and oxygen atoms in total. The molecule has 2 aromatic rings. The number of carbonyl (C=O) groups excluding carboxylic acids is 4. The van der Waals surface area contributed by atoms with Crippen molar-refractivity contribution in [3.63, 3.8) is 0 Å². The summed E-state index contributed by atoms with van der Waals surface area (Å²) in [6, 6.07) is 11.4. The summed E-state index contributed by atoms with van der Waals surface area (Å²) in [6.45, 7) is 3.41. The van der Waals surface area contributed by atoms with Crippen molar-refractivity contribution in [1.29, 1.82) is 0 Å². The highest BCUT2D eigenvalue weighted by molar-refractivity contribution is 9.12. The lowest BCUT2D eigenvalue weighted by molar-refractivity contribution is -0.154. The van der Waals surface area contributed by atoms with Gasteiger partial charge in [-0.05, 0) is 68.1 Å². The summed E-state index contributed by atoms with van der Waals surface area (Å²) in [6.07, 6.45) is 0.936. The first-order valence-electron chi connectivity index (χ1n) is 10.9. The Kier molecular flexibility index (Phi) is 7.31. The number of alkyl halides is 2. The van der Waals surface area contributed by atoms with Gasteiger partial charge in [0.15, 0.2) is 5.78 Å². The van der Waals surface area contributed by atoms with Crippen molar-refractivity contribution in [2.75, 3.05) is 6.54 Å². The summed E-state index contributed by atoms with van der Waals surface area (Å²) < 4.78 is 0. The smallest absolute Gasteiger partial charge is 0.273 e. The van der Waals surface area contributed by atoms with E-state index in [-0.39, 0.29) is 21.0 Å². The number of amides is 3. The fourth-order valence-electron chi connectivity index (χ4n) is 4.43. The summed E-state index contributed by atoms with van der Waals surface area (Å²) in [5, 5.41) is 2.34. The van der Waals surface area contributed by atoms with E-state index in [1.165, 1.54) is 12.1 Å². The fraction of sp³-hybridized carbons (Fsp3) is 0.360. The fourth-order valence-corrected chi connectivity index (χ4v) is 5.80. The molecule has 4 atom stereocenters. The number of rotatable bonds is 5. The molecule has 2 aromatic carbocycles. The van der Waals surface area contributed by atoms with E-state index in [1.807, 2.05) is 19.9 Å². The van der Waals surface area contributed by atoms with Crippen molar-refractivity contribution in [2.45, 2.75) is 36.3 Å². The number of nitrogens with zero attached hydrogens (tertiary/aromatic N) is 2. The molecule has 0 radical (unpaired) electrons. The second-order valence-electron chi connectivity index (χ2n) is 8.80. The van der Waals surface area contributed by atoms with Gasteiger partial charge in [0.05, 0.1) is 11.8 Å². The van der Waals surface area contributed by atoms with Gasteiger partial charge in [-0.15, -0.1) is 0 Å². The molecule has 2 fully saturated rings. The van der Waals surface area contributed by atoms with Gasteiger partial charge < -0.3 is 0 Å². The molecule has 2 aliphatic rings. The molecular weight excluding hydrogens is 588 g/mol. The molecule has 1 heterocycles. The van der Waals surface area contributed by atoms with E-state index in [0.29, 0.717) is 23.4 Å². The van der Waals surface area contributed by atoms with Crippen LogP contribution in [0.3, 0.4) is 0 Å². The van der Waals surface area contributed by atoms with Gasteiger partial charge in [-0.25, -0.2) is 5.01 Å². The quantitative estimate of drug-likeness (QED) is 0.268. The van der Waals surface area contributed by atoms with Crippen molar-refractivity contribution in [1.82, 2.24) is 10.0 Å². The Morgan fingerprint density at radius 2 is 1.44 bits per heavy atom. The zero-order valence-electron chi connectivity index (χ0n) is 18.6. The molecule has 9 heteroatoms. The second kappa shape index (κ2) is 9.91. The van der Waals surface area contributed by atoms with Crippen LogP contribution >= 0.6 is 43.5 Å². The lowest BCUT2D eigenvalue weighted by atomic mass is 9.81. The van der Waals surface area contributed by atoms with Gasteiger partial charge in [0.2, 0.25) is 0 Å². The Morgan fingerprint density at radius 1 is 0.912 bits per heavy atom. The highest BCUT2D eigenvalue weighted by Gasteiger charge is 2.54. The predicted molar refractivity (Wildman–Crippen MR) is 136 cm³/mol. The van der Waals surface area contributed by atoms with Gasteiger partial charge in [0.1, 0.15) is 6.54 Å². The maximum atomic E-state index is 13.5. The van der Waals surface area contributed by atoms with E-state index in [4.69, 9.17) is 11.6 Å². The van der Waals surface area contributed by atoms with Crippen molar-refractivity contribution >= 4 is 67.0 Å². The number of aryl methyl sites for hydroxylation is 2. The van der Waals surface area contributed by atoms with Gasteiger partial charge in [0.25, 0.3) is 17.7 Å². The largest absolute Gasteiger partial charge is 0.292 e. The van der Waals surface area contributed by atoms with Crippen LogP contribution < -0.4 is 0 Å². The topological polar surface area (TPSA) is 74.8 Å². The molecular formula is C25H23Br2ClN2O4.